The smallest absolute Gasteiger partial charge is 0.120 e. The molecule has 0 radical (unpaired) electrons. The number of hydrogen-bond acceptors (Lipinski definition) is 2. The molecule has 2 aromatic rings. The Balaban J connectivity index is 1.98. The van der Waals surface area contributed by atoms with Crippen molar-refractivity contribution in [3.05, 3.63) is 57.4 Å². The van der Waals surface area contributed by atoms with E-state index in [9.17, 15) is 0 Å². The van der Waals surface area contributed by atoms with E-state index < -0.39 is 0 Å². The maximum atomic E-state index is 5.90. The molecule has 0 aliphatic heterocycles. The van der Waals surface area contributed by atoms with Crippen molar-refractivity contribution in [1.29, 1.82) is 0 Å². The molecule has 0 aliphatic rings. The summed E-state index contributed by atoms with van der Waals surface area (Å²) >= 11 is 9.39. The van der Waals surface area contributed by atoms with Crippen molar-refractivity contribution in [2.24, 2.45) is 0 Å². The summed E-state index contributed by atoms with van der Waals surface area (Å²) in [4.78, 5) is 0. The average molecular weight is 315 g/mol. The van der Waals surface area contributed by atoms with Crippen LogP contribution in [-0.4, -0.2) is 0 Å². The van der Waals surface area contributed by atoms with Gasteiger partial charge in [0.2, 0.25) is 0 Å². The van der Waals surface area contributed by atoms with Gasteiger partial charge in [-0.25, -0.2) is 0 Å². The highest BCUT2D eigenvalue weighted by Crippen LogP contribution is 2.22. The molecular formula is C13H13BrClNO. The van der Waals surface area contributed by atoms with Crippen molar-refractivity contribution >= 4 is 27.5 Å². The predicted molar refractivity (Wildman–Crippen MR) is 73.1 cm³/mol. The highest BCUT2D eigenvalue weighted by molar-refractivity contribution is 9.10. The minimum absolute atomic E-state index is 0.188. The van der Waals surface area contributed by atoms with E-state index >= 15 is 0 Å². The highest BCUT2D eigenvalue weighted by atomic mass is 79.9. The molecule has 0 aliphatic carbocycles. The van der Waals surface area contributed by atoms with Gasteiger partial charge in [-0.15, -0.1) is 0 Å². The molecule has 0 saturated heterocycles. The Bertz CT molecular complexity index is 484. The van der Waals surface area contributed by atoms with Gasteiger partial charge < -0.3 is 9.73 Å². The fourth-order valence-electron chi connectivity index (χ4n) is 1.57. The molecule has 1 aromatic carbocycles. The Morgan fingerprint density at radius 1 is 1.41 bits per heavy atom. The summed E-state index contributed by atoms with van der Waals surface area (Å²) in [6, 6.07) is 9.85. The van der Waals surface area contributed by atoms with Crippen LogP contribution >= 0.6 is 27.5 Å². The van der Waals surface area contributed by atoms with Crippen molar-refractivity contribution in [1.82, 2.24) is 5.32 Å². The van der Waals surface area contributed by atoms with Crippen LogP contribution in [0.4, 0.5) is 0 Å². The van der Waals surface area contributed by atoms with Crippen LogP contribution < -0.4 is 5.32 Å². The number of furan rings is 1. The van der Waals surface area contributed by atoms with E-state index in [2.05, 4.69) is 28.2 Å². The van der Waals surface area contributed by atoms with E-state index in [0.29, 0.717) is 0 Å². The van der Waals surface area contributed by atoms with Crippen molar-refractivity contribution < 1.29 is 4.42 Å². The first-order valence-corrected chi connectivity index (χ1v) is 6.54. The van der Waals surface area contributed by atoms with Crippen LogP contribution in [0.5, 0.6) is 0 Å². The quantitative estimate of drug-likeness (QED) is 0.896. The number of hydrogen-bond donors (Lipinski definition) is 1. The molecule has 2 nitrogen and oxygen atoms in total. The zero-order valence-corrected chi connectivity index (χ0v) is 11.8. The summed E-state index contributed by atoms with van der Waals surface area (Å²) in [5.74, 6) is 0.940. The monoisotopic (exact) mass is 313 g/mol. The van der Waals surface area contributed by atoms with Gasteiger partial charge in [-0.3, -0.25) is 0 Å². The molecule has 1 N–H and O–H groups in total. The molecule has 0 bridgehead atoms. The normalized spacial score (nSPS) is 12.6. The lowest BCUT2D eigenvalue weighted by atomic mass is 10.2. The Morgan fingerprint density at radius 3 is 2.88 bits per heavy atom. The third-order valence-corrected chi connectivity index (χ3v) is 3.56. The molecule has 1 aromatic heterocycles. The topological polar surface area (TPSA) is 25.2 Å². The second-order valence-electron chi connectivity index (χ2n) is 3.85. The number of rotatable bonds is 4. The fraction of sp³-hybridized carbons (Fsp3) is 0.231. The second-order valence-corrected chi connectivity index (χ2v) is 5.14. The van der Waals surface area contributed by atoms with Crippen LogP contribution in [0.3, 0.4) is 0 Å². The lowest BCUT2D eigenvalue weighted by molar-refractivity contribution is 0.430. The molecule has 0 spiro atoms. The van der Waals surface area contributed by atoms with Gasteiger partial charge in [-0.05, 0) is 36.8 Å². The zero-order chi connectivity index (χ0) is 12.3. The van der Waals surface area contributed by atoms with Crippen molar-refractivity contribution in [3.63, 3.8) is 0 Å². The summed E-state index contributed by atoms with van der Waals surface area (Å²) in [5, 5.41) is 4.13. The van der Waals surface area contributed by atoms with E-state index in [1.165, 1.54) is 5.56 Å². The summed E-state index contributed by atoms with van der Waals surface area (Å²) in [6.07, 6.45) is 1.69. The number of halogens is 2. The van der Waals surface area contributed by atoms with Gasteiger partial charge in [0.1, 0.15) is 5.76 Å². The van der Waals surface area contributed by atoms with Gasteiger partial charge in [0.05, 0.1) is 12.3 Å². The van der Waals surface area contributed by atoms with E-state index in [1.807, 2.05) is 30.3 Å². The second kappa shape index (κ2) is 5.71. The van der Waals surface area contributed by atoms with E-state index in [-0.39, 0.29) is 6.04 Å². The van der Waals surface area contributed by atoms with Gasteiger partial charge in [0, 0.05) is 16.0 Å². The minimum Gasteiger partial charge on any atom is -0.468 e. The van der Waals surface area contributed by atoms with E-state index in [4.69, 9.17) is 16.0 Å². The van der Waals surface area contributed by atoms with Crippen molar-refractivity contribution in [3.8, 4) is 0 Å². The standard InChI is InChI=1S/C13H13BrClNO/c1-9(13-3-2-6-17-13)16-8-10-4-5-11(15)7-12(10)14/h2-7,9,16H,8H2,1H3/t9-/m1/s1. The summed E-state index contributed by atoms with van der Waals surface area (Å²) in [5.41, 5.74) is 1.17. The molecule has 1 atom stereocenters. The first kappa shape index (κ1) is 12.7. The van der Waals surface area contributed by atoms with Gasteiger partial charge in [-0.2, -0.15) is 0 Å². The minimum atomic E-state index is 0.188. The molecule has 17 heavy (non-hydrogen) atoms. The first-order valence-electron chi connectivity index (χ1n) is 5.37. The van der Waals surface area contributed by atoms with Crippen LogP contribution in [0.1, 0.15) is 24.3 Å². The zero-order valence-electron chi connectivity index (χ0n) is 9.41. The third kappa shape index (κ3) is 3.35. The SMILES string of the molecule is C[C@@H](NCc1ccc(Cl)cc1Br)c1ccco1. The number of nitrogens with one attached hydrogen (secondary N) is 1. The molecule has 1 heterocycles. The van der Waals surface area contributed by atoms with Crippen molar-refractivity contribution in [2.75, 3.05) is 0 Å². The summed E-state index contributed by atoms with van der Waals surface area (Å²) < 4.78 is 6.36. The number of benzene rings is 1. The molecule has 0 unspecified atom stereocenters. The third-order valence-electron chi connectivity index (χ3n) is 2.58. The Hall–Kier alpha value is -0.770. The average Bonchev–Trinajstić information content (AvgIpc) is 2.81. The van der Waals surface area contributed by atoms with Gasteiger partial charge >= 0.3 is 0 Å². The van der Waals surface area contributed by atoms with Crippen LogP contribution in [-0.2, 0) is 6.54 Å². The molecule has 4 heteroatoms. The van der Waals surface area contributed by atoms with Crippen LogP contribution in [0.2, 0.25) is 5.02 Å². The molecule has 0 saturated carbocycles. The molecule has 2 rings (SSSR count). The van der Waals surface area contributed by atoms with Gasteiger partial charge in [-0.1, -0.05) is 33.6 Å². The van der Waals surface area contributed by atoms with Gasteiger partial charge in [0.15, 0.2) is 0 Å². The van der Waals surface area contributed by atoms with E-state index in [0.717, 1.165) is 21.8 Å². The molecule has 90 valence electrons. The van der Waals surface area contributed by atoms with Gasteiger partial charge in [0.25, 0.3) is 0 Å². The first-order chi connectivity index (χ1) is 8.16. The fourth-order valence-corrected chi connectivity index (χ4v) is 2.39. The van der Waals surface area contributed by atoms with Crippen molar-refractivity contribution in [2.45, 2.75) is 19.5 Å². The van der Waals surface area contributed by atoms with E-state index in [1.54, 1.807) is 6.26 Å². The molecular weight excluding hydrogens is 302 g/mol. The Morgan fingerprint density at radius 2 is 2.24 bits per heavy atom. The Kier molecular flexibility index (Phi) is 4.26. The molecule has 0 amide bonds. The maximum absolute atomic E-state index is 5.90. The maximum Gasteiger partial charge on any atom is 0.120 e. The van der Waals surface area contributed by atoms with Crippen LogP contribution in [0, 0.1) is 0 Å². The predicted octanol–water partition coefficient (Wildman–Crippen LogP) is 4.55. The van der Waals surface area contributed by atoms with Crippen LogP contribution in [0.15, 0.2) is 45.5 Å². The largest absolute Gasteiger partial charge is 0.468 e. The van der Waals surface area contributed by atoms with Crippen LogP contribution in [0.25, 0.3) is 0 Å². The lowest BCUT2D eigenvalue weighted by Gasteiger charge is -2.12. The Labute approximate surface area is 114 Å². The highest BCUT2D eigenvalue weighted by Gasteiger charge is 2.08. The lowest BCUT2D eigenvalue weighted by Crippen LogP contribution is -2.17. The summed E-state index contributed by atoms with van der Waals surface area (Å²) in [6.45, 7) is 2.84. The molecule has 0 fully saturated rings. The summed E-state index contributed by atoms with van der Waals surface area (Å²) in [7, 11) is 0.